The third-order valence-electron chi connectivity index (χ3n) is 13.1. The standard InChI is InChI=1S/C48H58N8O6/c1-29-7-10-37(51-42(57)23-31-13-19-55(20-14-31)28-43(58)59)26-39(29)44-36(25-35-6-4-18-50-46(35)54-44)24-34-8-11-38(27-40(34)41-12-9-32-5-3-17-49-45(32)53-41)52-47(60)33-15-21-56(22-16-33)30(2)48(61)62/h7-12,25-27,30-31,33H,3-6,13-24,28H2,1-2H3,(H,49,53)(H,50,54)(H,51,57)(H,52,60)(H,58,59)(H,61,62). The molecule has 0 saturated carbocycles. The molecule has 2 aromatic heterocycles. The minimum atomic E-state index is -0.852. The highest BCUT2D eigenvalue weighted by Crippen LogP contribution is 2.37. The summed E-state index contributed by atoms with van der Waals surface area (Å²) in [4.78, 5) is 64.0. The van der Waals surface area contributed by atoms with E-state index in [9.17, 15) is 24.3 Å². The lowest BCUT2D eigenvalue weighted by Crippen LogP contribution is -2.45. The number of aryl methyl sites for hydroxylation is 3. The Hall–Kier alpha value is -5.86. The second-order valence-electron chi connectivity index (χ2n) is 17.5. The molecular formula is C48H58N8O6. The van der Waals surface area contributed by atoms with Gasteiger partial charge in [0, 0.05) is 54.4 Å². The monoisotopic (exact) mass is 842 g/mol. The number of carbonyl (C=O) groups excluding carboxylic acids is 2. The minimum absolute atomic E-state index is 0.0332. The molecule has 2 amide bonds. The van der Waals surface area contributed by atoms with Crippen LogP contribution >= 0.6 is 0 Å². The fraction of sp³-hybridized carbons (Fsp3) is 0.458. The van der Waals surface area contributed by atoms with Gasteiger partial charge in [0.25, 0.3) is 0 Å². The molecule has 0 bridgehead atoms. The number of fused-ring (bicyclic) bond motifs is 2. The largest absolute Gasteiger partial charge is 0.480 e. The van der Waals surface area contributed by atoms with Gasteiger partial charge in [0.2, 0.25) is 11.8 Å². The molecule has 8 rings (SSSR count). The van der Waals surface area contributed by atoms with Crippen molar-refractivity contribution >= 4 is 46.8 Å². The van der Waals surface area contributed by atoms with E-state index in [1.54, 1.807) is 6.92 Å². The molecule has 0 aliphatic carbocycles. The SMILES string of the molecule is Cc1ccc(NC(=O)CC2CCN(CC(=O)O)CC2)cc1-c1nc2c(cc1Cc1ccc(NC(=O)C3CCN(C(C)C(=O)O)CC3)cc1-c1ccc3c(n1)NCCC3)CCCN2. The third-order valence-corrected chi connectivity index (χ3v) is 13.1. The molecule has 1 atom stereocenters. The van der Waals surface area contributed by atoms with Gasteiger partial charge in [0.15, 0.2) is 0 Å². The van der Waals surface area contributed by atoms with Crippen LogP contribution in [0.25, 0.3) is 22.5 Å². The van der Waals surface area contributed by atoms with Gasteiger partial charge in [0.05, 0.1) is 17.9 Å². The maximum Gasteiger partial charge on any atom is 0.320 e. The van der Waals surface area contributed by atoms with Crippen LogP contribution in [0.4, 0.5) is 23.0 Å². The van der Waals surface area contributed by atoms with Crippen molar-refractivity contribution in [1.82, 2.24) is 19.8 Å². The molecule has 0 radical (unpaired) electrons. The maximum absolute atomic E-state index is 13.7. The Kier molecular flexibility index (Phi) is 13.1. The van der Waals surface area contributed by atoms with Crippen molar-refractivity contribution in [2.75, 3.05) is 67.1 Å². The van der Waals surface area contributed by atoms with Crippen LogP contribution in [0.1, 0.15) is 79.7 Å². The van der Waals surface area contributed by atoms with Crippen LogP contribution in [0.5, 0.6) is 0 Å². The highest BCUT2D eigenvalue weighted by Gasteiger charge is 2.30. The van der Waals surface area contributed by atoms with Gasteiger partial charge in [-0.15, -0.1) is 0 Å². The first-order valence-electron chi connectivity index (χ1n) is 22.2. The zero-order valence-electron chi connectivity index (χ0n) is 35.8. The Labute approximate surface area is 362 Å². The predicted octanol–water partition coefficient (Wildman–Crippen LogP) is 6.67. The van der Waals surface area contributed by atoms with Gasteiger partial charge < -0.3 is 31.5 Å². The number of carboxylic acids is 2. The van der Waals surface area contributed by atoms with Crippen LogP contribution < -0.4 is 21.3 Å². The van der Waals surface area contributed by atoms with E-state index in [0.29, 0.717) is 63.2 Å². The van der Waals surface area contributed by atoms with Crippen LogP contribution in [0.2, 0.25) is 0 Å². The molecule has 4 aliphatic heterocycles. The summed E-state index contributed by atoms with van der Waals surface area (Å²) in [5, 5.41) is 32.0. The topological polar surface area (TPSA) is 189 Å². The number of carbonyl (C=O) groups is 4. The van der Waals surface area contributed by atoms with Crippen molar-refractivity contribution in [1.29, 1.82) is 0 Å². The number of amides is 2. The summed E-state index contributed by atoms with van der Waals surface area (Å²) in [6.07, 6.45) is 7.63. The molecule has 4 aliphatic rings. The second kappa shape index (κ2) is 19.0. The molecule has 326 valence electrons. The van der Waals surface area contributed by atoms with Gasteiger partial charge in [-0.1, -0.05) is 18.2 Å². The number of benzene rings is 2. The molecule has 0 spiro atoms. The van der Waals surface area contributed by atoms with E-state index in [-0.39, 0.29) is 30.2 Å². The van der Waals surface area contributed by atoms with E-state index >= 15 is 0 Å². The zero-order chi connectivity index (χ0) is 43.3. The number of rotatable bonds is 13. The maximum atomic E-state index is 13.7. The van der Waals surface area contributed by atoms with E-state index in [0.717, 1.165) is 108 Å². The smallest absolute Gasteiger partial charge is 0.320 e. The minimum Gasteiger partial charge on any atom is -0.480 e. The summed E-state index contributed by atoms with van der Waals surface area (Å²) in [5.74, 6) is -0.0541. The molecule has 4 aromatic rings. The number of pyridine rings is 2. The number of hydrogen-bond acceptors (Lipinski definition) is 10. The summed E-state index contributed by atoms with van der Waals surface area (Å²) in [6.45, 7) is 7.96. The van der Waals surface area contributed by atoms with Crippen LogP contribution in [0, 0.1) is 18.8 Å². The number of likely N-dealkylation sites (tertiary alicyclic amines) is 2. The lowest BCUT2D eigenvalue weighted by molar-refractivity contribution is -0.143. The van der Waals surface area contributed by atoms with Crippen molar-refractivity contribution in [2.45, 2.75) is 84.1 Å². The van der Waals surface area contributed by atoms with E-state index < -0.39 is 18.0 Å². The number of piperidine rings is 2. The van der Waals surface area contributed by atoms with Crippen molar-refractivity contribution in [3.05, 3.63) is 82.4 Å². The Morgan fingerprint density at radius 1 is 0.774 bits per heavy atom. The lowest BCUT2D eigenvalue weighted by Gasteiger charge is -2.33. The lowest BCUT2D eigenvalue weighted by atomic mass is 9.90. The van der Waals surface area contributed by atoms with Crippen molar-refractivity contribution in [3.63, 3.8) is 0 Å². The number of aromatic nitrogens is 2. The van der Waals surface area contributed by atoms with Crippen LogP contribution in [-0.4, -0.2) is 106 Å². The zero-order valence-corrected chi connectivity index (χ0v) is 35.8. The number of hydrogen-bond donors (Lipinski definition) is 6. The summed E-state index contributed by atoms with van der Waals surface area (Å²) < 4.78 is 0. The number of anilines is 4. The highest BCUT2D eigenvalue weighted by molar-refractivity contribution is 5.94. The van der Waals surface area contributed by atoms with Gasteiger partial charge in [-0.2, -0.15) is 0 Å². The molecule has 1 unspecified atom stereocenters. The molecule has 14 nitrogen and oxygen atoms in total. The second-order valence-corrected chi connectivity index (χ2v) is 17.5. The predicted molar refractivity (Wildman–Crippen MR) is 241 cm³/mol. The quantitative estimate of drug-likeness (QED) is 0.0840. The van der Waals surface area contributed by atoms with Crippen molar-refractivity contribution in [2.24, 2.45) is 11.8 Å². The Balaban J connectivity index is 1.07. The van der Waals surface area contributed by atoms with E-state index in [4.69, 9.17) is 15.1 Å². The molecule has 2 saturated heterocycles. The average molecular weight is 843 g/mol. The molecule has 14 heteroatoms. The van der Waals surface area contributed by atoms with Gasteiger partial charge in [-0.3, -0.25) is 29.0 Å². The number of aliphatic carboxylic acids is 2. The number of nitrogens with zero attached hydrogens (tertiary/aromatic N) is 4. The van der Waals surface area contributed by atoms with Crippen LogP contribution in [0.3, 0.4) is 0 Å². The van der Waals surface area contributed by atoms with Crippen molar-refractivity contribution < 1.29 is 29.4 Å². The Bertz CT molecular complexity index is 2330. The summed E-state index contributed by atoms with van der Waals surface area (Å²) in [5.41, 5.74) is 10.3. The first kappa shape index (κ1) is 42.8. The Morgan fingerprint density at radius 2 is 1.45 bits per heavy atom. The number of nitrogens with one attached hydrogen (secondary N) is 4. The first-order chi connectivity index (χ1) is 30.0. The molecule has 6 heterocycles. The highest BCUT2D eigenvalue weighted by atomic mass is 16.4. The van der Waals surface area contributed by atoms with Gasteiger partial charge in [-0.25, -0.2) is 9.97 Å². The molecule has 2 fully saturated rings. The third kappa shape index (κ3) is 10.1. The Morgan fingerprint density at radius 3 is 2.18 bits per heavy atom. The summed E-state index contributed by atoms with van der Waals surface area (Å²) in [7, 11) is 0. The fourth-order valence-corrected chi connectivity index (χ4v) is 9.45. The molecular weight excluding hydrogens is 785 g/mol. The number of carboxylic acid groups (broad SMARTS) is 2. The van der Waals surface area contributed by atoms with Gasteiger partial charge in [-0.05, 0) is 162 Å². The van der Waals surface area contributed by atoms with E-state index in [2.05, 4.69) is 52.5 Å². The van der Waals surface area contributed by atoms with Crippen LogP contribution in [-0.2, 0) is 38.4 Å². The normalized spacial score (nSPS) is 17.8. The van der Waals surface area contributed by atoms with Gasteiger partial charge in [0.1, 0.15) is 17.7 Å². The van der Waals surface area contributed by atoms with E-state index in [1.165, 1.54) is 5.56 Å². The van der Waals surface area contributed by atoms with Gasteiger partial charge >= 0.3 is 11.9 Å². The fourth-order valence-electron chi connectivity index (χ4n) is 9.45. The van der Waals surface area contributed by atoms with Crippen molar-refractivity contribution in [3.8, 4) is 22.5 Å². The first-order valence-corrected chi connectivity index (χ1v) is 22.2. The van der Waals surface area contributed by atoms with E-state index in [1.807, 2.05) is 40.1 Å². The summed E-state index contributed by atoms with van der Waals surface area (Å²) >= 11 is 0. The summed E-state index contributed by atoms with van der Waals surface area (Å²) in [6, 6.07) is 17.9. The average Bonchev–Trinajstić information content (AvgIpc) is 3.27. The molecule has 6 N–H and O–H groups in total. The molecule has 2 aromatic carbocycles. The van der Waals surface area contributed by atoms with Crippen LogP contribution in [0.15, 0.2) is 54.6 Å². The molecule has 62 heavy (non-hydrogen) atoms.